The van der Waals surface area contributed by atoms with E-state index in [9.17, 15) is 4.79 Å². The number of aliphatic imine (C=N–C) groups is 1. The van der Waals surface area contributed by atoms with E-state index in [0.29, 0.717) is 98.4 Å². The summed E-state index contributed by atoms with van der Waals surface area (Å²) in [4.78, 5) is 41.4. The smallest absolute Gasteiger partial charge is 0.326 e. The van der Waals surface area contributed by atoms with E-state index < -0.39 is 11.6 Å². The number of amidine groups is 1. The van der Waals surface area contributed by atoms with Crippen molar-refractivity contribution in [2.45, 2.75) is 44.9 Å². The number of methoxy groups -OCH3 is 1. The van der Waals surface area contributed by atoms with Gasteiger partial charge in [0.25, 0.3) is 0 Å². The summed E-state index contributed by atoms with van der Waals surface area (Å²) >= 11 is 12.8. The highest BCUT2D eigenvalue weighted by Crippen LogP contribution is 2.52. The van der Waals surface area contributed by atoms with E-state index in [1.807, 2.05) is 95.3 Å². The molecule has 3 aliphatic rings. The van der Waals surface area contributed by atoms with E-state index in [1.54, 1.807) is 7.11 Å². The Kier molecular flexibility index (Phi) is 11.2. The molecular weight excluding hydrogens is 677 g/mol. The molecule has 266 valence electrons. The number of piperazine rings is 1. The Bertz CT molecular complexity index is 1690. The van der Waals surface area contributed by atoms with E-state index >= 15 is 4.79 Å². The number of hydrogen-bond donors (Lipinski definition) is 0. The lowest BCUT2D eigenvalue weighted by atomic mass is 9.78. The normalized spacial score (nSPS) is 21.4. The number of carbonyl (C=O) groups is 2. The van der Waals surface area contributed by atoms with Gasteiger partial charge in [0.1, 0.15) is 22.9 Å². The van der Waals surface area contributed by atoms with Crippen molar-refractivity contribution < 1.29 is 23.8 Å². The van der Waals surface area contributed by atoms with E-state index in [0.717, 1.165) is 11.1 Å². The van der Waals surface area contributed by atoms with Crippen molar-refractivity contribution in [3.8, 4) is 11.5 Å². The second-order valence-electron chi connectivity index (χ2n) is 13.1. The molecule has 2 unspecified atom stereocenters. The van der Waals surface area contributed by atoms with Gasteiger partial charge in [0.05, 0.1) is 44.6 Å². The summed E-state index contributed by atoms with van der Waals surface area (Å²) in [6, 6.07) is 20.3. The number of urea groups is 1. The first-order valence-corrected chi connectivity index (χ1v) is 18.0. The van der Waals surface area contributed by atoms with Crippen molar-refractivity contribution in [1.82, 2.24) is 19.6 Å². The minimum absolute atomic E-state index is 0.0951. The van der Waals surface area contributed by atoms with E-state index in [1.165, 1.54) is 0 Å². The summed E-state index contributed by atoms with van der Waals surface area (Å²) in [5.74, 6) is 1.81. The molecule has 10 nitrogen and oxygen atoms in total. The lowest BCUT2D eigenvalue weighted by Crippen LogP contribution is -2.56. The third kappa shape index (κ3) is 7.44. The SMILES string of the molecule is CCC1(c2ccc(Cl)cc2)N=C(c2ccc(OC)cc2OC(C)C)N(C(=O)N2CCN(CC(=O)N3CCOCC3)CC2)C1c1ccc(Cl)cc1. The number of halogens is 2. The van der Waals surface area contributed by atoms with Gasteiger partial charge in [-0.05, 0) is 67.8 Å². The fraction of sp³-hybridized carbons (Fsp3) is 0.447. The van der Waals surface area contributed by atoms with Crippen LogP contribution in [-0.4, -0.2) is 110 Å². The number of amides is 3. The minimum atomic E-state index is -0.870. The number of carbonyl (C=O) groups excluding carboxylic acids is 2. The van der Waals surface area contributed by atoms with Crippen LogP contribution in [0.3, 0.4) is 0 Å². The summed E-state index contributed by atoms with van der Waals surface area (Å²) in [6.45, 7) is 10.8. The van der Waals surface area contributed by atoms with Crippen LogP contribution in [-0.2, 0) is 15.1 Å². The molecule has 3 aliphatic heterocycles. The molecule has 6 rings (SSSR count). The number of rotatable bonds is 9. The third-order valence-corrected chi connectivity index (χ3v) is 10.2. The van der Waals surface area contributed by atoms with Crippen LogP contribution in [0, 0.1) is 0 Å². The minimum Gasteiger partial charge on any atom is -0.497 e. The molecule has 50 heavy (non-hydrogen) atoms. The fourth-order valence-corrected chi connectivity index (χ4v) is 7.31. The van der Waals surface area contributed by atoms with Crippen LogP contribution < -0.4 is 9.47 Å². The van der Waals surface area contributed by atoms with Crippen LogP contribution in [0.1, 0.15) is 49.9 Å². The Morgan fingerprint density at radius 3 is 2.14 bits per heavy atom. The second-order valence-corrected chi connectivity index (χ2v) is 14.0. The molecule has 2 atom stereocenters. The Balaban J connectivity index is 1.41. The van der Waals surface area contributed by atoms with Gasteiger partial charge in [-0.2, -0.15) is 0 Å². The molecule has 0 bridgehead atoms. The number of morpholine rings is 1. The summed E-state index contributed by atoms with van der Waals surface area (Å²) < 4.78 is 17.3. The van der Waals surface area contributed by atoms with Crippen LogP contribution >= 0.6 is 23.2 Å². The first-order valence-electron chi connectivity index (χ1n) is 17.3. The molecular formula is C38H45Cl2N5O5. The highest BCUT2D eigenvalue weighted by atomic mass is 35.5. The standard InChI is InChI=1S/C38H45Cl2N5O5/c1-5-38(28-8-12-30(40)13-9-28)35(27-6-10-29(39)11-7-27)45(36(41-38)32-15-14-31(48-4)24-33(32)50-26(2)3)37(47)44-18-16-42(17-19-44)25-34(46)43-20-22-49-23-21-43/h6-15,24,26,35H,5,16-23,25H2,1-4H3. The van der Waals surface area contributed by atoms with Crippen molar-refractivity contribution in [2.75, 3.05) is 66.1 Å². The summed E-state index contributed by atoms with van der Waals surface area (Å²) in [5.41, 5.74) is 1.65. The molecule has 0 spiro atoms. The van der Waals surface area contributed by atoms with Gasteiger partial charge in [-0.25, -0.2) is 4.79 Å². The lowest BCUT2D eigenvalue weighted by Gasteiger charge is -2.41. The summed E-state index contributed by atoms with van der Waals surface area (Å²) in [7, 11) is 1.62. The molecule has 0 saturated carbocycles. The summed E-state index contributed by atoms with van der Waals surface area (Å²) in [6.07, 6.45) is 0.447. The second kappa shape index (κ2) is 15.6. The zero-order valence-electron chi connectivity index (χ0n) is 29.1. The predicted molar refractivity (Wildman–Crippen MR) is 196 cm³/mol. The maximum Gasteiger partial charge on any atom is 0.326 e. The van der Waals surface area contributed by atoms with Gasteiger partial charge in [-0.3, -0.25) is 19.6 Å². The highest BCUT2D eigenvalue weighted by Gasteiger charge is 2.53. The number of hydrogen-bond acceptors (Lipinski definition) is 7. The molecule has 2 saturated heterocycles. The van der Waals surface area contributed by atoms with Gasteiger partial charge in [0, 0.05) is 55.4 Å². The van der Waals surface area contributed by atoms with Crippen LogP contribution in [0.5, 0.6) is 11.5 Å². The maximum absolute atomic E-state index is 15.1. The Labute approximate surface area is 304 Å². The molecule has 2 fully saturated rings. The fourth-order valence-electron chi connectivity index (χ4n) is 7.06. The van der Waals surface area contributed by atoms with Crippen molar-refractivity contribution in [3.63, 3.8) is 0 Å². The molecule has 3 aromatic rings. The van der Waals surface area contributed by atoms with Crippen LogP contribution in [0.4, 0.5) is 4.79 Å². The molecule has 3 amide bonds. The van der Waals surface area contributed by atoms with Crippen molar-refractivity contribution >= 4 is 41.0 Å². The quantitative estimate of drug-likeness (QED) is 0.251. The Hall–Kier alpha value is -3.83. The molecule has 3 aromatic carbocycles. The number of ether oxygens (including phenoxy) is 3. The molecule has 0 N–H and O–H groups in total. The first-order chi connectivity index (χ1) is 24.1. The van der Waals surface area contributed by atoms with Gasteiger partial charge in [-0.15, -0.1) is 0 Å². The van der Waals surface area contributed by atoms with Gasteiger partial charge < -0.3 is 24.0 Å². The molecule has 0 aliphatic carbocycles. The summed E-state index contributed by atoms with van der Waals surface area (Å²) in [5, 5.41) is 1.22. The number of nitrogens with zero attached hydrogens (tertiary/aromatic N) is 5. The largest absolute Gasteiger partial charge is 0.497 e. The molecule has 0 radical (unpaired) electrons. The predicted octanol–water partition coefficient (Wildman–Crippen LogP) is 6.49. The Morgan fingerprint density at radius 1 is 0.900 bits per heavy atom. The van der Waals surface area contributed by atoms with Gasteiger partial charge in [0.2, 0.25) is 5.91 Å². The topological polar surface area (TPSA) is 87.2 Å². The average molecular weight is 723 g/mol. The van der Waals surface area contributed by atoms with Gasteiger partial charge in [-0.1, -0.05) is 54.4 Å². The van der Waals surface area contributed by atoms with Gasteiger partial charge in [0.15, 0.2) is 0 Å². The van der Waals surface area contributed by atoms with E-state index in [-0.39, 0.29) is 18.0 Å². The van der Waals surface area contributed by atoms with E-state index in [4.69, 9.17) is 42.4 Å². The third-order valence-electron chi connectivity index (χ3n) is 9.68. The zero-order chi connectivity index (χ0) is 35.4. The highest BCUT2D eigenvalue weighted by molar-refractivity contribution is 6.30. The monoisotopic (exact) mass is 721 g/mol. The zero-order valence-corrected chi connectivity index (χ0v) is 30.6. The molecule has 12 heteroatoms. The van der Waals surface area contributed by atoms with Crippen molar-refractivity contribution in [2.24, 2.45) is 4.99 Å². The van der Waals surface area contributed by atoms with Crippen LogP contribution in [0.15, 0.2) is 71.7 Å². The molecule has 3 heterocycles. The van der Waals surface area contributed by atoms with E-state index in [2.05, 4.69) is 11.8 Å². The number of benzene rings is 3. The van der Waals surface area contributed by atoms with Crippen molar-refractivity contribution in [3.05, 3.63) is 93.5 Å². The molecule has 0 aromatic heterocycles. The van der Waals surface area contributed by atoms with Crippen LogP contribution in [0.25, 0.3) is 0 Å². The average Bonchev–Trinajstić information content (AvgIpc) is 3.48. The Morgan fingerprint density at radius 2 is 1.54 bits per heavy atom. The van der Waals surface area contributed by atoms with Crippen molar-refractivity contribution in [1.29, 1.82) is 0 Å². The van der Waals surface area contributed by atoms with Crippen LogP contribution in [0.2, 0.25) is 10.0 Å². The van der Waals surface area contributed by atoms with Gasteiger partial charge >= 0.3 is 6.03 Å². The maximum atomic E-state index is 15.1. The first kappa shape index (κ1) is 36.0. The lowest BCUT2D eigenvalue weighted by molar-refractivity contribution is -0.136.